The molecular formula is C27H33F2N5O3. The molecule has 1 aliphatic rings. The average molecular weight is 514 g/mol. The number of nitrogens with zero attached hydrogens (tertiary/aromatic N) is 1. The predicted octanol–water partition coefficient (Wildman–Crippen LogP) is 2.58. The van der Waals surface area contributed by atoms with Crippen LogP contribution in [0, 0.1) is 17.6 Å². The molecule has 3 aromatic rings. The molecule has 0 saturated carbocycles. The van der Waals surface area contributed by atoms with Crippen molar-refractivity contribution in [1.82, 2.24) is 20.8 Å². The van der Waals surface area contributed by atoms with Crippen LogP contribution >= 0.6 is 0 Å². The van der Waals surface area contributed by atoms with Crippen molar-refractivity contribution in [1.29, 1.82) is 0 Å². The average Bonchev–Trinajstić information content (AvgIpc) is 3.29. The fraction of sp³-hybridized carbons (Fsp3) is 0.407. The highest BCUT2D eigenvalue weighted by Gasteiger charge is 2.38. The van der Waals surface area contributed by atoms with Gasteiger partial charge in [-0.25, -0.2) is 8.78 Å². The van der Waals surface area contributed by atoms with Crippen molar-refractivity contribution in [2.24, 2.45) is 5.92 Å². The fourth-order valence-corrected chi connectivity index (χ4v) is 4.94. The Balaban J connectivity index is 1.71. The molecule has 0 aliphatic carbocycles. The molecule has 10 heteroatoms. The van der Waals surface area contributed by atoms with Gasteiger partial charge in [0.25, 0.3) is 11.5 Å². The summed E-state index contributed by atoms with van der Waals surface area (Å²) < 4.78 is 28.2. The minimum absolute atomic E-state index is 0.00296. The second-order valence-electron chi connectivity index (χ2n) is 9.97. The van der Waals surface area contributed by atoms with Crippen LogP contribution in [0.2, 0.25) is 0 Å². The highest BCUT2D eigenvalue weighted by molar-refractivity contribution is 6.05. The molecule has 0 spiro atoms. The lowest BCUT2D eigenvalue weighted by atomic mass is 9.91. The molecule has 5 N–H and O–H groups in total. The van der Waals surface area contributed by atoms with E-state index in [1.807, 2.05) is 0 Å². The zero-order valence-electron chi connectivity index (χ0n) is 20.9. The molecule has 1 fully saturated rings. The molecule has 4 rings (SSSR count). The van der Waals surface area contributed by atoms with Crippen LogP contribution in [0.25, 0.3) is 0 Å². The number of halogens is 2. The molecule has 198 valence electrons. The van der Waals surface area contributed by atoms with E-state index in [0.29, 0.717) is 30.3 Å². The van der Waals surface area contributed by atoms with Gasteiger partial charge in [-0.3, -0.25) is 19.8 Å². The van der Waals surface area contributed by atoms with Crippen LogP contribution in [0.15, 0.2) is 59.4 Å². The van der Waals surface area contributed by atoms with E-state index in [0.717, 1.165) is 18.6 Å². The molecule has 8 nitrogen and oxygen atoms in total. The summed E-state index contributed by atoms with van der Waals surface area (Å²) >= 11 is 0. The van der Waals surface area contributed by atoms with E-state index in [9.17, 15) is 23.5 Å². The summed E-state index contributed by atoms with van der Waals surface area (Å²) in [7, 11) is 0. The van der Waals surface area contributed by atoms with Gasteiger partial charge in [-0.1, -0.05) is 32.0 Å². The highest BCUT2D eigenvalue weighted by Crippen LogP contribution is 2.26. The third-order valence-electron chi connectivity index (χ3n) is 6.59. The molecule has 2 aromatic carbocycles. The maximum Gasteiger partial charge on any atom is 0.276 e. The van der Waals surface area contributed by atoms with Crippen molar-refractivity contribution in [3.05, 3.63) is 87.8 Å². The number of anilines is 1. The number of H-pyrrole nitrogens is 2. The van der Waals surface area contributed by atoms with Gasteiger partial charge in [-0.05, 0) is 48.6 Å². The minimum atomic E-state index is -1.12. The number of piperazine rings is 1. The summed E-state index contributed by atoms with van der Waals surface area (Å²) in [6.45, 7) is 5.37. The summed E-state index contributed by atoms with van der Waals surface area (Å²) in [5, 5.41) is 23.5. The van der Waals surface area contributed by atoms with Gasteiger partial charge in [0.1, 0.15) is 17.3 Å². The Labute approximate surface area is 214 Å². The minimum Gasteiger partial charge on any atom is -0.389 e. The fourth-order valence-electron chi connectivity index (χ4n) is 4.94. The maximum atomic E-state index is 14.1. The zero-order chi connectivity index (χ0) is 26.5. The molecular weight excluding hydrogens is 480 g/mol. The number of carbonyl (C=O) groups is 1. The quantitative estimate of drug-likeness (QED) is 0.302. The molecule has 1 aromatic heterocycles. The van der Waals surface area contributed by atoms with E-state index in [-0.39, 0.29) is 18.2 Å². The third-order valence-corrected chi connectivity index (χ3v) is 6.59. The SMILES string of the molecule is CC(C)C[C@H]1CN[C@@H]([C@@H](O)[C@@H](Cc2cc(F)cc(F)c2)N(C(=O)c2cc(=O)[nH][nH]2)c2ccccc2)CN1. The van der Waals surface area contributed by atoms with Crippen molar-refractivity contribution in [2.75, 3.05) is 18.0 Å². The van der Waals surface area contributed by atoms with Gasteiger partial charge in [-0.15, -0.1) is 0 Å². The number of aliphatic hydroxyl groups is 1. The molecule has 37 heavy (non-hydrogen) atoms. The number of amides is 1. The number of hydrogen-bond acceptors (Lipinski definition) is 5. The number of nitrogens with one attached hydrogen (secondary N) is 4. The number of aromatic amines is 2. The van der Waals surface area contributed by atoms with E-state index < -0.39 is 41.3 Å². The van der Waals surface area contributed by atoms with Gasteiger partial charge in [0.15, 0.2) is 0 Å². The third kappa shape index (κ3) is 6.71. The smallest absolute Gasteiger partial charge is 0.276 e. The van der Waals surface area contributed by atoms with Crippen molar-refractivity contribution in [3.63, 3.8) is 0 Å². The largest absolute Gasteiger partial charge is 0.389 e. The standard InChI is InChI=1S/C27H33F2N5O3/c1-16(2)8-20-14-31-23(15-30-20)26(36)24(11-17-9-18(28)12-19(29)10-17)34(21-6-4-3-5-7-21)27(37)22-13-25(35)33-32-22/h3-7,9-10,12-13,16,20,23-24,26,30-31,36H,8,11,14-15H2,1-2H3,(H2,32,33,35)/t20-,23+,24+,26+/m0/s1. The molecule has 0 radical (unpaired) electrons. The van der Waals surface area contributed by atoms with Crippen LogP contribution in [0.3, 0.4) is 0 Å². The molecule has 1 saturated heterocycles. The van der Waals surface area contributed by atoms with Gasteiger partial charge < -0.3 is 20.6 Å². The highest BCUT2D eigenvalue weighted by atomic mass is 19.1. The first-order valence-corrected chi connectivity index (χ1v) is 12.5. The monoisotopic (exact) mass is 513 g/mol. The van der Waals surface area contributed by atoms with Crippen LogP contribution < -0.4 is 21.1 Å². The van der Waals surface area contributed by atoms with E-state index >= 15 is 0 Å². The Morgan fingerprint density at radius 1 is 1.03 bits per heavy atom. The van der Waals surface area contributed by atoms with E-state index in [1.54, 1.807) is 30.3 Å². The second-order valence-corrected chi connectivity index (χ2v) is 9.97. The van der Waals surface area contributed by atoms with Gasteiger partial charge in [-0.2, -0.15) is 0 Å². The first-order chi connectivity index (χ1) is 17.7. The first kappa shape index (κ1) is 26.7. The molecule has 1 aliphatic heterocycles. The summed E-state index contributed by atoms with van der Waals surface area (Å²) in [5.41, 5.74) is 0.287. The van der Waals surface area contributed by atoms with Crippen molar-refractivity contribution < 1.29 is 18.7 Å². The van der Waals surface area contributed by atoms with Crippen LogP contribution in [-0.4, -0.2) is 58.5 Å². The van der Waals surface area contributed by atoms with E-state index in [2.05, 4.69) is 34.7 Å². The Morgan fingerprint density at radius 2 is 1.73 bits per heavy atom. The van der Waals surface area contributed by atoms with Crippen molar-refractivity contribution in [2.45, 2.75) is 50.9 Å². The van der Waals surface area contributed by atoms with Gasteiger partial charge in [0.05, 0.1) is 12.1 Å². The van der Waals surface area contributed by atoms with E-state index in [4.69, 9.17) is 0 Å². The number of aromatic nitrogens is 2. The summed E-state index contributed by atoms with van der Waals surface area (Å²) in [4.78, 5) is 26.9. The lowest BCUT2D eigenvalue weighted by Crippen LogP contribution is -2.64. The molecule has 1 amide bonds. The number of benzene rings is 2. The summed E-state index contributed by atoms with van der Waals surface area (Å²) in [5.74, 6) is -1.55. The molecule has 0 unspecified atom stereocenters. The number of aliphatic hydroxyl groups excluding tert-OH is 1. The topological polar surface area (TPSA) is 113 Å². The molecule has 0 bridgehead atoms. The number of carbonyl (C=O) groups excluding carboxylic acids is 1. The van der Waals surface area contributed by atoms with Crippen molar-refractivity contribution in [3.8, 4) is 0 Å². The molecule has 2 heterocycles. The van der Waals surface area contributed by atoms with E-state index in [1.165, 1.54) is 17.0 Å². The maximum absolute atomic E-state index is 14.1. The Hall–Kier alpha value is -3.34. The van der Waals surface area contributed by atoms with Gasteiger partial charge >= 0.3 is 0 Å². The normalized spacial score (nSPS) is 19.5. The lowest BCUT2D eigenvalue weighted by molar-refractivity contribution is 0.0733. The Kier molecular flexibility index (Phi) is 8.52. The summed E-state index contributed by atoms with van der Waals surface area (Å²) in [6.07, 6.45) is -0.176. The summed E-state index contributed by atoms with van der Waals surface area (Å²) in [6, 6.07) is 11.9. The first-order valence-electron chi connectivity index (χ1n) is 12.5. The zero-order valence-corrected chi connectivity index (χ0v) is 20.9. The second kappa shape index (κ2) is 11.8. The number of para-hydroxylation sites is 1. The Morgan fingerprint density at radius 3 is 2.30 bits per heavy atom. The number of rotatable bonds is 9. The predicted molar refractivity (Wildman–Crippen MR) is 138 cm³/mol. The van der Waals surface area contributed by atoms with Gasteiger partial charge in [0, 0.05) is 43.0 Å². The van der Waals surface area contributed by atoms with Crippen LogP contribution in [0.1, 0.15) is 36.3 Å². The van der Waals surface area contributed by atoms with Crippen molar-refractivity contribution >= 4 is 11.6 Å². The van der Waals surface area contributed by atoms with Crippen LogP contribution in [0.4, 0.5) is 14.5 Å². The number of hydrogen-bond donors (Lipinski definition) is 5. The molecule has 4 atom stereocenters. The Bertz CT molecular complexity index is 1220. The van der Waals surface area contributed by atoms with Crippen LogP contribution in [0.5, 0.6) is 0 Å². The van der Waals surface area contributed by atoms with Crippen LogP contribution in [-0.2, 0) is 6.42 Å². The van der Waals surface area contributed by atoms with Gasteiger partial charge in [0.2, 0.25) is 0 Å². The lowest BCUT2D eigenvalue weighted by Gasteiger charge is -2.41.